The zero-order valence-corrected chi connectivity index (χ0v) is 16.0. The maximum absolute atomic E-state index is 6.59. The van der Waals surface area contributed by atoms with Gasteiger partial charge in [0.05, 0.1) is 0 Å². The van der Waals surface area contributed by atoms with Crippen molar-refractivity contribution in [2.75, 3.05) is 13.2 Å². The average Bonchev–Trinajstić information content (AvgIpc) is 2.95. The normalized spacial score (nSPS) is 40.9. The van der Waals surface area contributed by atoms with Gasteiger partial charge in [-0.15, -0.1) is 0 Å². The predicted octanol–water partition coefficient (Wildman–Crippen LogP) is 5.37. The summed E-state index contributed by atoms with van der Waals surface area (Å²) in [5.41, 5.74) is 1.40. The van der Waals surface area contributed by atoms with Gasteiger partial charge in [0.2, 0.25) is 0 Å². The van der Waals surface area contributed by atoms with E-state index in [-0.39, 0.29) is 0 Å². The van der Waals surface area contributed by atoms with Crippen molar-refractivity contribution < 1.29 is 8.85 Å². The lowest BCUT2D eigenvalue weighted by molar-refractivity contribution is 0.146. The van der Waals surface area contributed by atoms with Crippen LogP contribution in [0.4, 0.5) is 0 Å². The third kappa shape index (κ3) is 3.11. The summed E-state index contributed by atoms with van der Waals surface area (Å²) in [6.45, 7) is 15.7. The molecule has 0 spiro atoms. The van der Waals surface area contributed by atoms with Crippen LogP contribution >= 0.6 is 0 Å². The van der Waals surface area contributed by atoms with Crippen LogP contribution in [0.15, 0.2) is 0 Å². The summed E-state index contributed by atoms with van der Waals surface area (Å²) in [7, 11) is -2.14. The molecule has 6 atom stereocenters. The summed E-state index contributed by atoms with van der Waals surface area (Å²) in [6, 6.07) is 0. The third-order valence-electron chi connectivity index (χ3n) is 6.70. The van der Waals surface area contributed by atoms with Crippen molar-refractivity contribution in [1.29, 1.82) is 0 Å². The first-order chi connectivity index (χ1) is 9.97. The second kappa shape index (κ2) is 7.14. The fourth-order valence-electron chi connectivity index (χ4n) is 5.06. The van der Waals surface area contributed by atoms with Crippen molar-refractivity contribution in [2.24, 2.45) is 23.7 Å². The highest BCUT2D eigenvalue weighted by molar-refractivity contribution is 6.70. The lowest BCUT2D eigenvalue weighted by Crippen LogP contribution is -2.53. The topological polar surface area (TPSA) is 18.5 Å². The number of rotatable bonds is 6. The minimum atomic E-state index is -2.14. The van der Waals surface area contributed by atoms with Crippen LogP contribution in [0.5, 0.6) is 0 Å². The second-order valence-corrected chi connectivity index (χ2v) is 11.1. The van der Waals surface area contributed by atoms with E-state index in [0.717, 1.165) is 36.9 Å². The van der Waals surface area contributed by atoms with E-state index < -0.39 is 8.56 Å². The molecule has 0 N–H and O–H groups in total. The van der Waals surface area contributed by atoms with Crippen molar-refractivity contribution in [3.05, 3.63) is 0 Å². The Morgan fingerprint density at radius 3 is 1.33 bits per heavy atom. The van der Waals surface area contributed by atoms with Crippen LogP contribution in [0.2, 0.25) is 11.1 Å². The molecule has 2 aliphatic rings. The van der Waals surface area contributed by atoms with Gasteiger partial charge in [-0.05, 0) is 50.4 Å². The summed E-state index contributed by atoms with van der Waals surface area (Å²) in [5.74, 6) is 3.18. The van der Waals surface area contributed by atoms with E-state index in [1.807, 2.05) is 0 Å². The molecule has 21 heavy (non-hydrogen) atoms. The third-order valence-corrected chi connectivity index (χ3v) is 11.9. The minimum Gasteiger partial charge on any atom is -0.394 e. The summed E-state index contributed by atoms with van der Waals surface area (Å²) in [4.78, 5) is 0. The van der Waals surface area contributed by atoms with E-state index in [0.29, 0.717) is 11.1 Å². The van der Waals surface area contributed by atoms with E-state index in [1.54, 1.807) is 0 Å². The molecule has 2 saturated carbocycles. The van der Waals surface area contributed by atoms with Gasteiger partial charge in [0, 0.05) is 24.3 Å². The molecule has 0 saturated heterocycles. The Labute approximate surface area is 133 Å². The van der Waals surface area contributed by atoms with Crippen LogP contribution in [-0.4, -0.2) is 21.8 Å². The summed E-state index contributed by atoms with van der Waals surface area (Å²) in [5, 5.41) is 0. The van der Waals surface area contributed by atoms with Gasteiger partial charge < -0.3 is 8.85 Å². The standard InChI is InChI=1S/C18H36O2Si/c1-7-19-21(20-8-2,17-11-9-13(3)15(17)5)18-12-10-14(4)16(18)6/h13-18H,7-12H2,1-6H3. The molecule has 124 valence electrons. The van der Waals surface area contributed by atoms with Crippen LogP contribution in [0.3, 0.4) is 0 Å². The largest absolute Gasteiger partial charge is 0.394 e. The second-order valence-electron chi connectivity index (χ2n) is 7.63. The van der Waals surface area contributed by atoms with Gasteiger partial charge in [0.15, 0.2) is 0 Å². The first-order valence-corrected chi connectivity index (χ1v) is 11.2. The van der Waals surface area contributed by atoms with Gasteiger partial charge in [-0.1, -0.05) is 40.5 Å². The van der Waals surface area contributed by atoms with Crippen molar-refractivity contribution in [3.63, 3.8) is 0 Å². The van der Waals surface area contributed by atoms with Crippen molar-refractivity contribution in [3.8, 4) is 0 Å². The monoisotopic (exact) mass is 312 g/mol. The zero-order valence-electron chi connectivity index (χ0n) is 15.0. The van der Waals surface area contributed by atoms with Crippen LogP contribution in [0.25, 0.3) is 0 Å². The molecule has 3 heteroatoms. The highest BCUT2D eigenvalue weighted by atomic mass is 28.4. The lowest BCUT2D eigenvalue weighted by atomic mass is 10.0. The van der Waals surface area contributed by atoms with Crippen LogP contribution in [0.1, 0.15) is 67.2 Å². The SMILES string of the molecule is CCO[Si](OCC)(C1CCC(C)C1C)C1CCC(C)C1C. The molecular weight excluding hydrogens is 276 g/mol. The highest BCUT2D eigenvalue weighted by Crippen LogP contribution is 2.57. The molecule has 0 radical (unpaired) electrons. The Hall–Kier alpha value is 0.137. The van der Waals surface area contributed by atoms with E-state index >= 15 is 0 Å². The van der Waals surface area contributed by atoms with Crippen LogP contribution < -0.4 is 0 Å². The molecule has 6 unspecified atom stereocenters. The Morgan fingerprint density at radius 2 is 1.10 bits per heavy atom. The smallest absolute Gasteiger partial charge is 0.345 e. The summed E-state index contributed by atoms with van der Waals surface area (Å²) in [6.07, 6.45) is 5.37. The Balaban J connectivity index is 2.33. The summed E-state index contributed by atoms with van der Waals surface area (Å²) < 4.78 is 13.2. The molecule has 0 aromatic rings. The van der Waals surface area contributed by atoms with Crippen LogP contribution in [0, 0.1) is 23.7 Å². The minimum absolute atomic E-state index is 0.699. The molecule has 0 aromatic heterocycles. The Kier molecular flexibility index (Phi) is 5.95. The van der Waals surface area contributed by atoms with Gasteiger partial charge in [0.25, 0.3) is 0 Å². The fraction of sp³-hybridized carbons (Fsp3) is 1.00. The van der Waals surface area contributed by atoms with Gasteiger partial charge in [-0.25, -0.2) is 0 Å². The van der Waals surface area contributed by atoms with E-state index in [9.17, 15) is 0 Å². The molecular formula is C18H36O2Si. The summed E-state index contributed by atoms with van der Waals surface area (Å²) >= 11 is 0. The lowest BCUT2D eigenvalue weighted by Gasteiger charge is -2.43. The molecule has 0 bridgehead atoms. The van der Waals surface area contributed by atoms with Crippen molar-refractivity contribution >= 4 is 8.56 Å². The Morgan fingerprint density at radius 1 is 0.714 bits per heavy atom. The highest BCUT2D eigenvalue weighted by Gasteiger charge is 2.59. The maximum Gasteiger partial charge on any atom is 0.345 e. The van der Waals surface area contributed by atoms with Crippen molar-refractivity contribution in [1.82, 2.24) is 0 Å². The molecule has 0 heterocycles. The fourth-order valence-corrected chi connectivity index (χ4v) is 10.7. The van der Waals surface area contributed by atoms with Gasteiger partial charge in [-0.3, -0.25) is 0 Å². The molecule has 2 fully saturated rings. The molecule has 0 amide bonds. The van der Waals surface area contributed by atoms with Gasteiger partial charge in [-0.2, -0.15) is 0 Å². The first-order valence-electron chi connectivity index (χ1n) is 9.25. The van der Waals surface area contributed by atoms with E-state index in [4.69, 9.17) is 8.85 Å². The molecule has 2 rings (SSSR count). The zero-order chi connectivity index (χ0) is 15.6. The quantitative estimate of drug-likeness (QED) is 0.613. The number of hydrogen-bond acceptors (Lipinski definition) is 2. The van der Waals surface area contributed by atoms with E-state index in [2.05, 4.69) is 41.5 Å². The predicted molar refractivity (Wildman–Crippen MR) is 91.6 cm³/mol. The van der Waals surface area contributed by atoms with Crippen molar-refractivity contribution in [2.45, 2.75) is 78.3 Å². The first kappa shape index (κ1) is 17.5. The Bertz CT molecular complexity index is 301. The molecule has 2 aliphatic carbocycles. The molecule has 0 aliphatic heterocycles. The van der Waals surface area contributed by atoms with Crippen LogP contribution in [-0.2, 0) is 8.85 Å². The van der Waals surface area contributed by atoms with Gasteiger partial charge >= 0.3 is 8.56 Å². The maximum atomic E-state index is 6.59. The molecule has 2 nitrogen and oxygen atoms in total. The van der Waals surface area contributed by atoms with E-state index in [1.165, 1.54) is 25.7 Å². The van der Waals surface area contributed by atoms with Gasteiger partial charge in [0.1, 0.15) is 0 Å². The molecule has 0 aromatic carbocycles. The number of hydrogen-bond donors (Lipinski definition) is 0. The average molecular weight is 313 g/mol.